The zero-order chi connectivity index (χ0) is 16.9. The monoisotopic (exact) mass is 396 g/mol. The predicted molar refractivity (Wildman–Crippen MR) is 106 cm³/mol. The number of hydrogen-bond acceptors (Lipinski definition) is 3. The topological polar surface area (TPSA) is 17.8 Å². The summed E-state index contributed by atoms with van der Waals surface area (Å²) in [6.45, 7) is 3.06. The molecule has 0 spiro atoms. The van der Waals surface area contributed by atoms with Crippen molar-refractivity contribution in [2.45, 2.75) is 36.5 Å². The fraction of sp³-hybridized carbons (Fsp3) is 0.278. The Kier molecular flexibility index (Phi) is 6.28. The third kappa shape index (κ3) is 5.03. The summed E-state index contributed by atoms with van der Waals surface area (Å²) in [5, 5.41) is 1.23. The Morgan fingerprint density at radius 3 is 2.83 bits per heavy atom. The van der Waals surface area contributed by atoms with Crippen LogP contribution in [0.25, 0.3) is 0 Å². The zero-order valence-corrected chi connectivity index (χ0v) is 16.4. The van der Waals surface area contributed by atoms with Gasteiger partial charge in [-0.15, -0.1) is 23.1 Å². The van der Waals surface area contributed by atoms with Gasteiger partial charge in [-0.2, -0.15) is 0 Å². The minimum atomic E-state index is 0.442. The average molecular weight is 397 g/mol. The molecule has 126 valence electrons. The smallest absolute Gasteiger partial charge is 0.0946 e. The molecule has 1 aromatic carbocycles. The summed E-state index contributed by atoms with van der Waals surface area (Å²) in [5.41, 5.74) is 1.26. The fourth-order valence-electron chi connectivity index (χ4n) is 2.49. The number of hydrogen-bond donors (Lipinski definition) is 0. The van der Waals surface area contributed by atoms with Crippen LogP contribution < -0.4 is 0 Å². The number of nitrogens with zero attached hydrogens (tertiary/aromatic N) is 2. The maximum atomic E-state index is 6.18. The molecule has 2 heterocycles. The minimum absolute atomic E-state index is 0.442. The van der Waals surface area contributed by atoms with Gasteiger partial charge in [-0.1, -0.05) is 29.3 Å². The van der Waals surface area contributed by atoms with Gasteiger partial charge < -0.3 is 4.57 Å². The van der Waals surface area contributed by atoms with Crippen LogP contribution in [0, 0.1) is 6.92 Å². The molecule has 3 rings (SSSR count). The van der Waals surface area contributed by atoms with Crippen molar-refractivity contribution in [2.24, 2.45) is 0 Å². The van der Waals surface area contributed by atoms with Crippen LogP contribution >= 0.6 is 46.3 Å². The number of thioether (sulfide) groups is 1. The first-order valence-electron chi connectivity index (χ1n) is 7.73. The summed E-state index contributed by atoms with van der Waals surface area (Å²) in [6.07, 6.45) is 7.82. The van der Waals surface area contributed by atoms with E-state index in [1.165, 1.54) is 15.3 Å². The summed E-state index contributed by atoms with van der Waals surface area (Å²) in [5.74, 6) is 0. The van der Waals surface area contributed by atoms with Gasteiger partial charge in [-0.05, 0) is 49.6 Å². The van der Waals surface area contributed by atoms with E-state index in [9.17, 15) is 0 Å². The van der Waals surface area contributed by atoms with Crippen molar-refractivity contribution in [3.63, 3.8) is 0 Å². The second kappa shape index (κ2) is 8.43. The molecule has 0 radical (unpaired) electrons. The molecule has 1 unspecified atom stereocenters. The van der Waals surface area contributed by atoms with E-state index in [-0.39, 0.29) is 0 Å². The number of aryl methyl sites for hydroxylation is 2. The Hall–Kier alpha value is -0.940. The third-order valence-corrected chi connectivity index (χ3v) is 6.70. The maximum Gasteiger partial charge on any atom is 0.0946 e. The molecule has 0 aliphatic carbocycles. The van der Waals surface area contributed by atoms with Crippen molar-refractivity contribution < 1.29 is 0 Å². The molecule has 6 heteroatoms. The highest BCUT2D eigenvalue weighted by molar-refractivity contribution is 8.00. The molecule has 0 aliphatic rings. The van der Waals surface area contributed by atoms with E-state index in [1.54, 1.807) is 11.3 Å². The standard InChI is InChI=1S/C18H18Cl2N2S2/c1-13-2-3-14(19)10-17(13)23-16(11-22-9-8-21-12-22)5-4-15-6-7-18(20)24-15/h2-3,6-10,12,16H,4-5,11H2,1H3. The van der Waals surface area contributed by atoms with Gasteiger partial charge in [0.1, 0.15) is 0 Å². The number of benzene rings is 1. The first-order valence-corrected chi connectivity index (χ1v) is 10.2. The molecule has 0 saturated carbocycles. The Labute approximate surface area is 160 Å². The van der Waals surface area contributed by atoms with E-state index in [1.807, 2.05) is 42.6 Å². The van der Waals surface area contributed by atoms with Gasteiger partial charge in [0.15, 0.2) is 0 Å². The van der Waals surface area contributed by atoms with E-state index in [0.717, 1.165) is 28.7 Å². The molecule has 3 aromatic rings. The van der Waals surface area contributed by atoms with Crippen LogP contribution in [0.1, 0.15) is 16.9 Å². The van der Waals surface area contributed by atoms with Crippen LogP contribution in [0.2, 0.25) is 9.36 Å². The highest BCUT2D eigenvalue weighted by Crippen LogP contribution is 2.33. The van der Waals surface area contributed by atoms with Gasteiger partial charge in [-0.3, -0.25) is 0 Å². The van der Waals surface area contributed by atoms with Crippen LogP contribution in [0.4, 0.5) is 0 Å². The molecule has 24 heavy (non-hydrogen) atoms. The molecule has 2 nitrogen and oxygen atoms in total. The fourth-order valence-corrected chi connectivity index (χ4v) is 5.12. The highest BCUT2D eigenvalue weighted by atomic mass is 35.5. The summed E-state index contributed by atoms with van der Waals surface area (Å²) < 4.78 is 2.99. The lowest BCUT2D eigenvalue weighted by molar-refractivity contribution is 0.626. The molecular formula is C18H18Cl2N2S2. The van der Waals surface area contributed by atoms with Crippen molar-refractivity contribution in [1.29, 1.82) is 0 Å². The largest absolute Gasteiger partial charge is 0.336 e. The Morgan fingerprint density at radius 1 is 1.25 bits per heavy atom. The van der Waals surface area contributed by atoms with Gasteiger partial charge in [0.2, 0.25) is 0 Å². The Balaban J connectivity index is 1.72. The molecular weight excluding hydrogens is 379 g/mol. The van der Waals surface area contributed by atoms with Crippen LogP contribution in [0.5, 0.6) is 0 Å². The molecule has 0 aliphatic heterocycles. The van der Waals surface area contributed by atoms with E-state index in [2.05, 4.69) is 34.7 Å². The molecule has 0 fully saturated rings. The van der Waals surface area contributed by atoms with Crippen molar-refractivity contribution >= 4 is 46.3 Å². The van der Waals surface area contributed by atoms with Gasteiger partial charge in [-0.25, -0.2) is 4.98 Å². The molecule has 1 atom stereocenters. The number of imidazole rings is 1. The van der Waals surface area contributed by atoms with Gasteiger partial charge in [0.25, 0.3) is 0 Å². The van der Waals surface area contributed by atoms with Crippen molar-refractivity contribution in [1.82, 2.24) is 9.55 Å². The molecule has 2 aromatic heterocycles. The summed E-state index contributed by atoms with van der Waals surface area (Å²) in [4.78, 5) is 6.73. The van der Waals surface area contributed by atoms with Gasteiger partial charge >= 0.3 is 0 Å². The van der Waals surface area contributed by atoms with Crippen molar-refractivity contribution in [3.05, 3.63) is 68.9 Å². The first kappa shape index (κ1) is 17.9. The zero-order valence-electron chi connectivity index (χ0n) is 13.3. The lowest BCUT2D eigenvalue weighted by Gasteiger charge is -2.18. The summed E-state index contributed by atoms with van der Waals surface area (Å²) >= 11 is 15.8. The maximum absolute atomic E-state index is 6.18. The van der Waals surface area contributed by atoms with Gasteiger partial charge in [0.05, 0.1) is 10.7 Å². The van der Waals surface area contributed by atoms with E-state index in [4.69, 9.17) is 23.2 Å². The highest BCUT2D eigenvalue weighted by Gasteiger charge is 2.14. The molecule has 0 bridgehead atoms. The Morgan fingerprint density at radius 2 is 2.12 bits per heavy atom. The summed E-state index contributed by atoms with van der Waals surface area (Å²) in [6, 6.07) is 10.2. The molecule has 0 N–H and O–H groups in total. The SMILES string of the molecule is Cc1ccc(Cl)cc1SC(CCc1ccc(Cl)s1)Cn1ccnc1. The number of halogens is 2. The van der Waals surface area contributed by atoms with E-state index in [0.29, 0.717) is 5.25 Å². The normalized spacial score (nSPS) is 12.5. The van der Waals surface area contributed by atoms with Crippen LogP contribution in [-0.2, 0) is 13.0 Å². The van der Waals surface area contributed by atoms with Gasteiger partial charge in [0, 0.05) is 39.0 Å². The van der Waals surface area contributed by atoms with Crippen LogP contribution in [-0.4, -0.2) is 14.8 Å². The Bertz CT molecular complexity index is 784. The first-order chi connectivity index (χ1) is 11.6. The van der Waals surface area contributed by atoms with E-state index >= 15 is 0 Å². The van der Waals surface area contributed by atoms with Crippen LogP contribution in [0.15, 0.2) is 53.9 Å². The summed E-state index contributed by atoms with van der Waals surface area (Å²) in [7, 11) is 0. The number of rotatable bonds is 7. The minimum Gasteiger partial charge on any atom is -0.336 e. The predicted octanol–water partition coefficient (Wildman–Crippen LogP) is 6.35. The average Bonchev–Trinajstić information content (AvgIpc) is 3.20. The lowest BCUT2D eigenvalue weighted by Crippen LogP contribution is -2.13. The second-order valence-corrected chi connectivity index (χ2v) is 9.23. The molecule has 0 saturated heterocycles. The number of aromatic nitrogens is 2. The third-order valence-electron chi connectivity index (χ3n) is 3.76. The van der Waals surface area contributed by atoms with Crippen molar-refractivity contribution in [3.8, 4) is 0 Å². The molecule has 0 amide bonds. The van der Waals surface area contributed by atoms with Crippen molar-refractivity contribution in [2.75, 3.05) is 0 Å². The lowest BCUT2D eigenvalue weighted by atomic mass is 10.2. The van der Waals surface area contributed by atoms with E-state index < -0.39 is 0 Å². The number of thiophene rings is 1. The second-order valence-electron chi connectivity index (χ2n) is 5.65. The quantitative estimate of drug-likeness (QED) is 0.432. The van der Waals surface area contributed by atoms with Crippen LogP contribution in [0.3, 0.4) is 0 Å².